The molecule has 0 aliphatic carbocycles. The van der Waals surface area contributed by atoms with Crippen LogP contribution in [0.15, 0.2) is 42.5 Å². The molecule has 0 bridgehead atoms. The number of carbonyl (C=O) groups is 1. The lowest BCUT2D eigenvalue weighted by Crippen LogP contribution is -2.32. The van der Waals surface area contributed by atoms with Crippen LogP contribution in [-0.4, -0.2) is 35.9 Å². The van der Waals surface area contributed by atoms with E-state index in [4.69, 9.17) is 25.8 Å². The quantitative estimate of drug-likeness (QED) is 0.227. The standard InChI is InChI=1S/C29H33ClN4O4S/c1-16(32-27-20-12-23(36-6)24(37-7)14-22(20)33-17(2)34-27)26-21(30)13-25(39-26)19-11-9-8-10-18(19)15-31-28(35)38-29(3,4)5/h8-14,16H,15H2,1-7H3,(H,31,35)(H,32,33,34). The molecular formula is C29H33ClN4O4S. The normalized spacial score (nSPS) is 12.2. The fourth-order valence-corrected chi connectivity index (χ4v) is 5.73. The van der Waals surface area contributed by atoms with Crippen molar-refractivity contribution in [3.8, 4) is 21.9 Å². The molecule has 4 aromatic rings. The average molecular weight is 569 g/mol. The van der Waals surface area contributed by atoms with Gasteiger partial charge in [0.2, 0.25) is 0 Å². The molecule has 39 heavy (non-hydrogen) atoms. The number of amides is 1. The minimum atomic E-state index is -0.562. The Morgan fingerprint density at radius 3 is 2.46 bits per heavy atom. The summed E-state index contributed by atoms with van der Waals surface area (Å²) in [5, 5.41) is 7.83. The third-order valence-corrected chi connectivity index (χ3v) is 7.65. The summed E-state index contributed by atoms with van der Waals surface area (Å²) in [5.74, 6) is 2.52. The minimum absolute atomic E-state index is 0.145. The Morgan fingerprint density at radius 2 is 1.77 bits per heavy atom. The van der Waals surface area contributed by atoms with E-state index in [-0.39, 0.29) is 6.04 Å². The molecule has 0 aliphatic rings. The molecule has 0 spiro atoms. The molecule has 2 aromatic carbocycles. The Kier molecular flexibility index (Phi) is 8.51. The second kappa shape index (κ2) is 11.7. The van der Waals surface area contributed by atoms with Gasteiger partial charge in [-0.15, -0.1) is 11.3 Å². The fourth-order valence-electron chi connectivity index (χ4n) is 4.16. The first-order valence-corrected chi connectivity index (χ1v) is 13.7. The van der Waals surface area contributed by atoms with Crippen LogP contribution in [0, 0.1) is 6.92 Å². The van der Waals surface area contributed by atoms with Gasteiger partial charge in [-0.3, -0.25) is 0 Å². The number of hydrogen-bond donors (Lipinski definition) is 2. The van der Waals surface area contributed by atoms with E-state index in [0.717, 1.165) is 31.8 Å². The van der Waals surface area contributed by atoms with Crippen LogP contribution in [0.2, 0.25) is 5.02 Å². The van der Waals surface area contributed by atoms with Crippen molar-refractivity contribution < 1.29 is 19.0 Å². The van der Waals surface area contributed by atoms with E-state index in [1.54, 1.807) is 25.6 Å². The number of nitrogens with zero attached hydrogens (tertiary/aromatic N) is 2. The van der Waals surface area contributed by atoms with E-state index in [2.05, 4.69) is 20.6 Å². The first-order chi connectivity index (χ1) is 18.5. The number of anilines is 1. The molecule has 1 unspecified atom stereocenters. The van der Waals surface area contributed by atoms with Crippen molar-refractivity contribution in [2.45, 2.75) is 52.8 Å². The van der Waals surface area contributed by atoms with E-state index in [1.807, 2.05) is 77.1 Å². The number of fused-ring (bicyclic) bond motifs is 1. The van der Waals surface area contributed by atoms with Crippen LogP contribution in [-0.2, 0) is 11.3 Å². The number of hydrogen-bond acceptors (Lipinski definition) is 8. The maximum absolute atomic E-state index is 12.2. The van der Waals surface area contributed by atoms with E-state index in [1.165, 1.54) is 0 Å². The molecule has 2 N–H and O–H groups in total. The molecule has 4 rings (SSSR count). The van der Waals surface area contributed by atoms with Gasteiger partial charge in [-0.2, -0.15) is 0 Å². The lowest BCUT2D eigenvalue weighted by molar-refractivity contribution is 0.0523. The van der Waals surface area contributed by atoms with Gasteiger partial charge in [-0.05, 0) is 57.9 Å². The third-order valence-electron chi connectivity index (χ3n) is 5.88. The number of ether oxygens (including phenoxy) is 3. The number of thiophene rings is 1. The number of halogens is 1. The number of aromatic nitrogens is 2. The van der Waals surface area contributed by atoms with Crippen LogP contribution in [0.4, 0.5) is 10.6 Å². The molecule has 2 heterocycles. The highest BCUT2D eigenvalue weighted by Gasteiger charge is 2.20. The topological polar surface area (TPSA) is 94.6 Å². The molecule has 1 amide bonds. The zero-order valence-corrected chi connectivity index (χ0v) is 24.7. The number of carbonyl (C=O) groups excluding carboxylic acids is 1. The fraction of sp³-hybridized carbons (Fsp3) is 0.345. The molecule has 0 aliphatic heterocycles. The number of rotatable bonds is 8. The van der Waals surface area contributed by atoms with Gasteiger partial charge in [-0.25, -0.2) is 14.8 Å². The van der Waals surface area contributed by atoms with Gasteiger partial charge in [0, 0.05) is 27.8 Å². The summed E-state index contributed by atoms with van der Waals surface area (Å²) in [5.41, 5.74) is 2.15. The van der Waals surface area contributed by atoms with Gasteiger partial charge >= 0.3 is 6.09 Å². The van der Waals surface area contributed by atoms with Crippen LogP contribution >= 0.6 is 22.9 Å². The Morgan fingerprint density at radius 1 is 1.08 bits per heavy atom. The summed E-state index contributed by atoms with van der Waals surface area (Å²) >= 11 is 8.35. The van der Waals surface area contributed by atoms with E-state index < -0.39 is 11.7 Å². The van der Waals surface area contributed by atoms with Gasteiger partial charge in [0.1, 0.15) is 17.2 Å². The van der Waals surface area contributed by atoms with Crippen molar-refractivity contribution in [2.75, 3.05) is 19.5 Å². The molecule has 1 atom stereocenters. The molecular weight excluding hydrogens is 536 g/mol. The second-order valence-corrected chi connectivity index (χ2v) is 11.5. The molecule has 0 saturated heterocycles. The van der Waals surface area contributed by atoms with Crippen LogP contribution in [0.25, 0.3) is 21.3 Å². The Hall–Kier alpha value is -3.56. The van der Waals surface area contributed by atoms with Crippen LogP contribution in [0.5, 0.6) is 11.5 Å². The second-order valence-electron chi connectivity index (χ2n) is 10.0. The first-order valence-electron chi connectivity index (χ1n) is 12.5. The Balaban J connectivity index is 1.60. The van der Waals surface area contributed by atoms with Crippen molar-refractivity contribution in [1.82, 2.24) is 15.3 Å². The molecule has 0 radical (unpaired) electrons. The molecule has 0 fully saturated rings. The average Bonchev–Trinajstić information content (AvgIpc) is 3.27. The maximum Gasteiger partial charge on any atom is 0.407 e. The largest absolute Gasteiger partial charge is 0.493 e. The summed E-state index contributed by atoms with van der Waals surface area (Å²) in [4.78, 5) is 23.4. The highest BCUT2D eigenvalue weighted by Crippen LogP contribution is 2.41. The van der Waals surface area contributed by atoms with E-state index in [9.17, 15) is 4.79 Å². The van der Waals surface area contributed by atoms with Crippen molar-refractivity contribution in [3.63, 3.8) is 0 Å². The predicted octanol–water partition coefficient (Wildman–Crippen LogP) is 7.54. The smallest absolute Gasteiger partial charge is 0.407 e. The van der Waals surface area contributed by atoms with Crippen molar-refractivity contribution in [1.29, 1.82) is 0 Å². The lowest BCUT2D eigenvalue weighted by atomic mass is 10.1. The van der Waals surface area contributed by atoms with Crippen LogP contribution < -0.4 is 20.1 Å². The first kappa shape index (κ1) is 28.4. The van der Waals surface area contributed by atoms with E-state index >= 15 is 0 Å². The summed E-state index contributed by atoms with van der Waals surface area (Å²) in [6.45, 7) is 9.74. The molecule has 8 nitrogen and oxygen atoms in total. The van der Waals surface area contributed by atoms with Gasteiger partial charge in [0.05, 0.1) is 30.8 Å². The van der Waals surface area contributed by atoms with Crippen molar-refractivity contribution in [2.24, 2.45) is 0 Å². The molecule has 206 valence electrons. The summed E-state index contributed by atoms with van der Waals surface area (Å²) in [6, 6.07) is 13.5. The molecule has 2 aromatic heterocycles. The van der Waals surface area contributed by atoms with Crippen LogP contribution in [0.1, 0.15) is 50.0 Å². The zero-order valence-electron chi connectivity index (χ0n) is 23.1. The SMILES string of the molecule is COc1cc2nc(C)nc(NC(C)c3sc(-c4ccccc4CNC(=O)OC(C)(C)C)cc3Cl)c2cc1OC. The molecule has 0 saturated carbocycles. The number of methoxy groups -OCH3 is 2. The number of nitrogens with one attached hydrogen (secondary N) is 2. The third kappa shape index (κ3) is 6.72. The predicted molar refractivity (Wildman–Crippen MR) is 157 cm³/mol. The van der Waals surface area contributed by atoms with Crippen LogP contribution in [0.3, 0.4) is 0 Å². The highest BCUT2D eigenvalue weighted by molar-refractivity contribution is 7.16. The zero-order chi connectivity index (χ0) is 28.3. The Labute approximate surface area is 237 Å². The Bertz CT molecular complexity index is 1500. The summed E-state index contributed by atoms with van der Waals surface area (Å²) in [6.07, 6.45) is -0.457. The van der Waals surface area contributed by atoms with Gasteiger partial charge in [0.15, 0.2) is 11.5 Å². The highest BCUT2D eigenvalue weighted by atomic mass is 35.5. The lowest BCUT2D eigenvalue weighted by Gasteiger charge is -2.20. The number of aryl methyl sites for hydroxylation is 1. The number of benzene rings is 2. The minimum Gasteiger partial charge on any atom is -0.493 e. The van der Waals surface area contributed by atoms with E-state index in [0.29, 0.717) is 34.7 Å². The number of alkyl carbamates (subject to hydrolysis) is 1. The summed E-state index contributed by atoms with van der Waals surface area (Å²) in [7, 11) is 3.20. The monoisotopic (exact) mass is 568 g/mol. The van der Waals surface area contributed by atoms with Gasteiger partial charge < -0.3 is 24.8 Å². The summed E-state index contributed by atoms with van der Waals surface area (Å²) < 4.78 is 16.3. The van der Waals surface area contributed by atoms with Crippen molar-refractivity contribution >= 4 is 45.8 Å². The van der Waals surface area contributed by atoms with Gasteiger partial charge in [0.25, 0.3) is 0 Å². The van der Waals surface area contributed by atoms with Gasteiger partial charge in [-0.1, -0.05) is 35.9 Å². The maximum atomic E-state index is 12.2. The van der Waals surface area contributed by atoms with Crippen molar-refractivity contribution in [3.05, 3.63) is 63.8 Å². The molecule has 10 heteroatoms.